The first-order chi connectivity index (χ1) is 7.74. The van der Waals surface area contributed by atoms with Crippen molar-refractivity contribution in [3.63, 3.8) is 0 Å². The lowest BCUT2D eigenvalue weighted by Crippen LogP contribution is -2.30. The number of nitrogens with zero attached hydrogens (tertiary/aromatic N) is 1. The topological polar surface area (TPSA) is 38.8 Å². The molecule has 0 unspecified atom stereocenters. The van der Waals surface area contributed by atoms with Crippen LogP contribution in [0.2, 0.25) is 0 Å². The van der Waals surface area contributed by atoms with Crippen LogP contribution < -0.4 is 5.06 Å². The van der Waals surface area contributed by atoms with Crippen molar-refractivity contribution in [1.29, 1.82) is 0 Å². The molecule has 16 heavy (non-hydrogen) atoms. The van der Waals surface area contributed by atoms with Crippen LogP contribution in [0.15, 0.2) is 24.3 Å². The first-order valence-corrected chi connectivity index (χ1v) is 5.61. The van der Waals surface area contributed by atoms with Gasteiger partial charge in [0.05, 0.1) is 19.9 Å². The van der Waals surface area contributed by atoms with Crippen molar-refractivity contribution in [2.24, 2.45) is 0 Å². The highest BCUT2D eigenvalue weighted by Gasteiger charge is 2.18. The zero-order chi connectivity index (χ0) is 12.0. The van der Waals surface area contributed by atoms with E-state index in [0.717, 1.165) is 10.6 Å². The Morgan fingerprint density at radius 3 is 2.69 bits per heavy atom. The van der Waals surface area contributed by atoms with E-state index >= 15 is 0 Å². The maximum Gasteiger partial charge on any atom is 0.438 e. The summed E-state index contributed by atoms with van der Waals surface area (Å²) in [5, 5.41) is 1.09. The number of para-hydroxylation sites is 1. The Bertz CT molecular complexity index is 362. The first kappa shape index (κ1) is 12.9. The number of hydrogen-bond donors (Lipinski definition) is 0. The lowest BCUT2D eigenvalue weighted by molar-refractivity contribution is 0.115. The third-order valence-corrected chi connectivity index (χ3v) is 2.45. The number of anilines is 1. The quantitative estimate of drug-likeness (QED) is 0.594. The molecular formula is C10H12BNO3S. The molecule has 0 aromatic heterocycles. The third-order valence-electron chi connectivity index (χ3n) is 1.97. The molecule has 0 aliphatic carbocycles. The molecule has 0 fully saturated rings. The summed E-state index contributed by atoms with van der Waals surface area (Å²) >= 11 is 1.18. The second-order valence-electron chi connectivity index (χ2n) is 2.89. The molecule has 1 rings (SSSR count). The van der Waals surface area contributed by atoms with Gasteiger partial charge in [0.2, 0.25) is 0 Å². The molecule has 0 N–H and O–H groups in total. The van der Waals surface area contributed by atoms with Crippen LogP contribution in [0.3, 0.4) is 0 Å². The van der Waals surface area contributed by atoms with Crippen LogP contribution in [0.1, 0.15) is 5.56 Å². The molecular weight excluding hydrogens is 225 g/mol. The number of ether oxygens (including phenoxy) is 1. The molecule has 0 aliphatic heterocycles. The molecule has 0 atom stereocenters. The molecule has 0 aliphatic rings. The van der Waals surface area contributed by atoms with Gasteiger partial charge in [-0.3, -0.25) is 4.84 Å². The van der Waals surface area contributed by atoms with Gasteiger partial charge in [0.1, 0.15) is 0 Å². The second kappa shape index (κ2) is 6.45. The molecule has 84 valence electrons. The van der Waals surface area contributed by atoms with Crippen molar-refractivity contribution >= 4 is 30.5 Å². The first-order valence-electron chi connectivity index (χ1n) is 4.56. The van der Waals surface area contributed by atoms with Crippen LogP contribution in [0.5, 0.6) is 0 Å². The zero-order valence-electron chi connectivity index (χ0n) is 9.17. The van der Waals surface area contributed by atoms with Gasteiger partial charge >= 0.3 is 6.09 Å². The number of rotatable bonds is 4. The molecule has 4 nitrogen and oxygen atoms in total. The minimum absolute atomic E-state index is 0.572. The Morgan fingerprint density at radius 1 is 1.44 bits per heavy atom. The summed E-state index contributed by atoms with van der Waals surface area (Å²) in [4.78, 5) is 16.4. The summed E-state index contributed by atoms with van der Waals surface area (Å²) in [6, 6.07) is 7.34. The largest absolute Gasteiger partial charge is 0.451 e. The van der Waals surface area contributed by atoms with E-state index < -0.39 is 6.09 Å². The molecule has 1 amide bonds. The number of methoxy groups -OCH3 is 1. The van der Waals surface area contributed by atoms with Crippen molar-refractivity contribution in [2.45, 2.75) is 5.75 Å². The summed E-state index contributed by atoms with van der Waals surface area (Å²) in [6.45, 7) is 0. The monoisotopic (exact) mass is 237 g/mol. The minimum atomic E-state index is -0.572. The fraction of sp³-hybridized carbons (Fsp3) is 0.300. The van der Waals surface area contributed by atoms with Gasteiger partial charge in [-0.15, -0.1) is 0 Å². The van der Waals surface area contributed by atoms with Crippen LogP contribution >= 0.6 is 11.6 Å². The van der Waals surface area contributed by atoms with E-state index in [4.69, 9.17) is 12.0 Å². The predicted octanol–water partition coefficient (Wildman–Crippen LogP) is 2.14. The minimum Gasteiger partial charge on any atom is -0.451 e. The maximum atomic E-state index is 11.4. The van der Waals surface area contributed by atoms with Crippen molar-refractivity contribution in [3.8, 4) is 0 Å². The molecule has 6 heteroatoms. The molecule has 0 bridgehead atoms. The van der Waals surface area contributed by atoms with E-state index in [0.29, 0.717) is 11.4 Å². The highest BCUT2D eigenvalue weighted by Crippen LogP contribution is 2.24. The summed E-state index contributed by atoms with van der Waals surface area (Å²) in [6.07, 6.45) is -0.572. The van der Waals surface area contributed by atoms with Crippen LogP contribution in [0.25, 0.3) is 0 Å². The van der Waals surface area contributed by atoms with Crippen LogP contribution in [-0.4, -0.2) is 27.4 Å². The zero-order valence-corrected chi connectivity index (χ0v) is 9.99. The Kier molecular flexibility index (Phi) is 5.21. The maximum absolute atomic E-state index is 11.4. The Morgan fingerprint density at radius 2 is 2.12 bits per heavy atom. The molecule has 0 spiro atoms. The van der Waals surface area contributed by atoms with Crippen LogP contribution in [-0.2, 0) is 15.3 Å². The van der Waals surface area contributed by atoms with E-state index in [1.807, 2.05) is 18.2 Å². The van der Waals surface area contributed by atoms with Gasteiger partial charge < -0.3 is 4.74 Å². The van der Waals surface area contributed by atoms with Gasteiger partial charge in [0.15, 0.2) is 7.12 Å². The number of amides is 1. The molecule has 1 aromatic carbocycles. The summed E-state index contributed by atoms with van der Waals surface area (Å²) in [7, 11) is 8.13. The molecule has 2 radical (unpaired) electrons. The lowest BCUT2D eigenvalue weighted by Gasteiger charge is -2.20. The number of hydrogen-bond acceptors (Lipinski definition) is 4. The molecule has 1 aromatic rings. The summed E-state index contributed by atoms with van der Waals surface area (Å²) in [5.41, 5.74) is 1.54. The Hall–Kier alpha value is -1.14. The van der Waals surface area contributed by atoms with E-state index in [1.165, 1.54) is 25.8 Å². The van der Waals surface area contributed by atoms with Gasteiger partial charge in [0.25, 0.3) is 0 Å². The second-order valence-corrected chi connectivity index (χ2v) is 3.51. The van der Waals surface area contributed by atoms with Crippen molar-refractivity contribution < 1.29 is 14.4 Å². The number of benzene rings is 1. The van der Waals surface area contributed by atoms with Crippen molar-refractivity contribution in [2.75, 3.05) is 19.3 Å². The number of carbonyl (C=O) groups is 1. The summed E-state index contributed by atoms with van der Waals surface area (Å²) in [5.74, 6) is 0.590. The lowest BCUT2D eigenvalue weighted by atomic mass is 10.2. The standard InChI is InChI=1S/C10H12BNO3S/c1-14-10(13)12(15-2)9-6-4-3-5-8(9)7-16-11/h3-6H,7H2,1-2H3. The third kappa shape index (κ3) is 2.93. The van der Waals surface area contributed by atoms with Gasteiger partial charge in [-0.05, 0) is 11.6 Å². The fourth-order valence-corrected chi connectivity index (χ4v) is 1.70. The number of hydroxylamine groups is 1. The van der Waals surface area contributed by atoms with Crippen LogP contribution in [0, 0.1) is 0 Å². The van der Waals surface area contributed by atoms with Gasteiger partial charge in [-0.2, -0.15) is 5.06 Å². The fourth-order valence-electron chi connectivity index (χ4n) is 1.27. The molecule has 0 heterocycles. The van der Waals surface area contributed by atoms with E-state index in [2.05, 4.69) is 4.74 Å². The molecule has 0 saturated carbocycles. The highest BCUT2D eigenvalue weighted by molar-refractivity contribution is 8.19. The average molecular weight is 237 g/mol. The van der Waals surface area contributed by atoms with Gasteiger partial charge in [-0.25, -0.2) is 16.4 Å². The SMILES string of the molecule is [B]SCc1ccccc1N(OC)C(=O)OC. The summed E-state index contributed by atoms with van der Waals surface area (Å²) < 4.78 is 4.61. The normalized spacial score (nSPS) is 9.88. The Labute approximate surface area is 100 Å². The predicted molar refractivity (Wildman–Crippen MR) is 65.4 cm³/mol. The van der Waals surface area contributed by atoms with Gasteiger partial charge in [-0.1, -0.05) is 18.2 Å². The van der Waals surface area contributed by atoms with E-state index in [-0.39, 0.29) is 0 Å². The van der Waals surface area contributed by atoms with Crippen molar-refractivity contribution in [1.82, 2.24) is 0 Å². The Balaban J connectivity index is 3.03. The van der Waals surface area contributed by atoms with Crippen molar-refractivity contribution in [3.05, 3.63) is 29.8 Å². The molecule has 0 saturated heterocycles. The highest BCUT2D eigenvalue weighted by atomic mass is 32.2. The number of carbonyl (C=O) groups excluding carboxylic acids is 1. The van der Waals surface area contributed by atoms with E-state index in [1.54, 1.807) is 6.07 Å². The smallest absolute Gasteiger partial charge is 0.438 e. The average Bonchev–Trinajstić information content (AvgIpc) is 2.32. The van der Waals surface area contributed by atoms with Crippen LogP contribution in [0.4, 0.5) is 10.5 Å². The van der Waals surface area contributed by atoms with E-state index in [9.17, 15) is 4.79 Å². The van der Waals surface area contributed by atoms with Gasteiger partial charge in [0, 0.05) is 5.75 Å².